The lowest BCUT2D eigenvalue weighted by Crippen LogP contribution is -2.49. The number of aliphatic hydroxyl groups is 1. The Kier molecular flexibility index (Phi) is 6.68. The van der Waals surface area contributed by atoms with Crippen LogP contribution in [0.25, 0.3) is 5.65 Å². The van der Waals surface area contributed by atoms with Crippen LogP contribution in [0.15, 0.2) is 71.6 Å². The van der Waals surface area contributed by atoms with Gasteiger partial charge in [0.1, 0.15) is 11.6 Å². The van der Waals surface area contributed by atoms with Crippen LogP contribution >= 0.6 is 0 Å². The summed E-state index contributed by atoms with van der Waals surface area (Å²) in [5.74, 6) is 0.751. The molecule has 0 saturated carbocycles. The molecule has 5 rings (SSSR count). The Labute approximate surface area is 221 Å². The van der Waals surface area contributed by atoms with E-state index in [1.54, 1.807) is 79.0 Å². The number of anilines is 2. The number of hydrogen-bond acceptors (Lipinski definition) is 7. The topological polar surface area (TPSA) is 120 Å². The molecule has 0 atom stereocenters. The third kappa shape index (κ3) is 5.13. The molecule has 3 heterocycles. The van der Waals surface area contributed by atoms with Gasteiger partial charge in [-0.3, -0.25) is 4.79 Å². The molecule has 1 aliphatic heterocycles. The van der Waals surface area contributed by atoms with Crippen LogP contribution in [0.4, 0.5) is 11.6 Å². The molecule has 0 radical (unpaired) electrons. The number of amides is 1. The molecule has 1 aliphatic rings. The van der Waals surface area contributed by atoms with Gasteiger partial charge in [-0.05, 0) is 50.6 Å². The average molecular weight is 535 g/mol. The van der Waals surface area contributed by atoms with Crippen LogP contribution in [0.5, 0.6) is 0 Å². The van der Waals surface area contributed by atoms with Crippen molar-refractivity contribution < 1.29 is 18.3 Å². The Hall–Kier alpha value is -3.80. The van der Waals surface area contributed by atoms with E-state index in [1.165, 1.54) is 4.31 Å². The van der Waals surface area contributed by atoms with Crippen LogP contribution in [0.1, 0.15) is 35.5 Å². The van der Waals surface area contributed by atoms with Crippen molar-refractivity contribution in [1.29, 1.82) is 0 Å². The lowest BCUT2D eigenvalue weighted by molar-refractivity contribution is 0.0785. The molecule has 0 spiro atoms. The largest absolute Gasteiger partial charge is 0.386 e. The number of sulfonamides is 1. The molecular weight excluding hydrogens is 504 g/mol. The highest BCUT2D eigenvalue weighted by molar-refractivity contribution is 7.89. The number of nitrogens with zero attached hydrogens (tertiary/aromatic N) is 5. The van der Waals surface area contributed by atoms with E-state index in [0.29, 0.717) is 54.6 Å². The van der Waals surface area contributed by atoms with Crippen molar-refractivity contribution in [3.05, 3.63) is 83.6 Å². The second kappa shape index (κ2) is 9.82. The number of aromatic nitrogens is 3. The Bertz CT molecular complexity index is 1570. The van der Waals surface area contributed by atoms with E-state index in [4.69, 9.17) is 0 Å². The van der Waals surface area contributed by atoms with Gasteiger partial charge in [0.05, 0.1) is 16.2 Å². The van der Waals surface area contributed by atoms with Crippen LogP contribution in [0.3, 0.4) is 0 Å². The zero-order chi connectivity index (χ0) is 27.1. The van der Waals surface area contributed by atoms with Crippen molar-refractivity contribution in [3.63, 3.8) is 0 Å². The smallest absolute Gasteiger partial charge is 0.256 e. The fourth-order valence-electron chi connectivity index (χ4n) is 4.48. The molecule has 198 valence electrons. The summed E-state index contributed by atoms with van der Waals surface area (Å²) in [6, 6.07) is 18.8. The van der Waals surface area contributed by atoms with E-state index in [2.05, 4.69) is 15.4 Å². The van der Waals surface area contributed by atoms with Crippen molar-refractivity contribution in [2.75, 3.05) is 36.4 Å². The summed E-state index contributed by atoms with van der Waals surface area (Å²) in [5.41, 5.74) is 1.49. The summed E-state index contributed by atoms with van der Waals surface area (Å²) in [4.78, 5) is 19.9. The fraction of sp³-hybridized carbons (Fsp3) is 0.296. The van der Waals surface area contributed by atoms with Crippen LogP contribution in [0, 0.1) is 6.92 Å². The van der Waals surface area contributed by atoms with Gasteiger partial charge >= 0.3 is 0 Å². The number of carbonyl (C=O) groups excluding carboxylic acids is 1. The lowest BCUT2D eigenvalue weighted by atomic mass is 9.97. The first-order chi connectivity index (χ1) is 18.0. The van der Waals surface area contributed by atoms with Gasteiger partial charge < -0.3 is 15.3 Å². The molecule has 38 heavy (non-hydrogen) atoms. The second-order valence-electron chi connectivity index (χ2n) is 9.85. The van der Waals surface area contributed by atoms with Crippen LogP contribution in [-0.4, -0.2) is 64.5 Å². The number of benzene rings is 2. The highest BCUT2D eigenvalue weighted by Crippen LogP contribution is 2.25. The highest BCUT2D eigenvalue weighted by atomic mass is 32.2. The third-order valence-corrected chi connectivity index (χ3v) is 8.48. The third-order valence-electron chi connectivity index (χ3n) is 6.57. The fourth-order valence-corrected chi connectivity index (χ4v) is 5.92. The number of carbonyl (C=O) groups is 1. The minimum absolute atomic E-state index is 0.281. The quantitative estimate of drug-likeness (QED) is 0.390. The van der Waals surface area contributed by atoms with Crippen molar-refractivity contribution in [3.8, 4) is 0 Å². The summed E-state index contributed by atoms with van der Waals surface area (Å²) < 4.78 is 29.3. The Morgan fingerprint density at radius 3 is 2.26 bits per heavy atom. The predicted octanol–water partition coefficient (Wildman–Crippen LogP) is 3.03. The van der Waals surface area contributed by atoms with Gasteiger partial charge in [0.25, 0.3) is 5.91 Å². The number of aryl methyl sites for hydroxylation is 1. The summed E-state index contributed by atoms with van der Waals surface area (Å²) in [7, 11) is -3.57. The van der Waals surface area contributed by atoms with Gasteiger partial charge in [-0.25, -0.2) is 13.4 Å². The maximum Gasteiger partial charge on any atom is 0.256 e. The Balaban J connectivity index is 1.37. The van der Waals surface area contributed by atoms with Gasteiger partial charge in [-0.1, -0.05) is 30.3 Å². The number of piperazine rings is 1. The number of nitrogens with one attached hydrogen (secondary N) is 1. The molecule has 11 heteroatoms. The molecule has 1 fully saturated rings. The Morgan fingerprint density at radius 1 is 0.974 bits per heavy atom. The van der Waals surface area contributed by atoms with Gasteiger partial charge in [0.15, 0.2) is 5.65 Å². The van der Waals surface area contributed by atoms with E-state index in [0.717, 1.165) is 5.69 Å². The van der Waals surface area contributed by atoms with Crippen LogP contribution in [-0.2, 0) is 15.6 Å². The molecule has 2 aromatic heterocycles. The number of hydrogen-bond donors (Lipinski definition) is 2. The second-order valence-corrected chi connectivity index (χ2v) is 11.8. The normalized spacial score (nSPS) is 15.1. The average Bonchev–Trinajstić information content (AvgIpc) is 3.28. The van der Waals surface area contributed by atoms with E-state index in [9.17, 15) is 18.3 Å². The monoisotopic (exact) mass is 534 g/mol. The molecule has 0 bridgehead atoms. The standard InChI is InChI=1S/C27H30N6O4S/c1-19-17-24-28-23(29-26(34)20-9-11-21(12-10-20)27(2,3)35)18-25(33(24)30-19)31-13-15-32(16-14-31)38(36,37)22-7-5-4-6-8-22/h4-12,17-18,35H,13-16H2,1-3H3,(H,28,29,34). The maximum atomic E-state index is 13.1. The van der Waals surface area contributed by atoms with E-state index in [-0.39, 0.29) is 10.8 Å². The molecule has 0 aliphatic carbocycles. The van der Waals surface area contributed by atoms with Gasteiger partial charge in [0.2, 0.25) is 10.0 Å². The molecule has 1 amide bonds. The van der Waals surface area contributed by atoms with Gasteiger partial charge in [0, 0.05) is 43.9 Å². The first kappa shape index (κ1) is 25.8. The van der Waals surface area contributed by atoms with Crippen LogP contribution < -0.4 is 10.2 Å². The molecule has 10 nitrogen and oxygen atoms in total. The van der Waals surface area contributed by atoms with Gasteiger partial charge in [-0.2, -0.15) is 13.9 Å². The zero-order valence-electron chi connectivity index (χ0n) is 21.5. The minimum atomic E-state index is -3.57. The summed E-state index contributed by atoms with van der Waals surface area (Å²) in [6.45, 7) is 6.78. The number of fused-ring (bicyclic) bond motifs is 1. The lowest BCUT2D eigenvalue weighted by Gasteiger charge is -2.35. The SMILES string of the molecule is Cc1cc2nc(NC(=O)c3ccc(C(C)(C)O)cc3)cc(N3CCN(S(=O)(=O)c4ccccc4)CC3)n2n1. The summed E-state index contributed by atoms with van der Waals surface area (Å²) >= 11 is 0. The van der Waals surface area contributed by atoms with E-state index in [1.807, 2.05) is 17.9 Å². The Morgan fingerprint density at radius 2 is 1.63 bits per heavy atom. The minimum Gasteiger partial charge on any atom is -0.386 e. The van der Waals surface area contributed by atoms with Crippen LogP contribution in [0.2, 0.25) is 0 Å². The predicted molar refractivity (Wildman–Crippen MR) is 145 cm³/mol. The first-order valence-corrected chi connectivity index (χ1v) is 13.8. The van der Waals surface area contributed by atoms with Gasteiger partial charge in [-0.15, -0.1) is 0 Å². The summed E-state index contributed by atoms with van der Waals surface area (Å²) in [5, 5.41) is 17.6. The molecule has 1 saturated heterocycles. The van der Waals surface area contributed by atoms with Crippen molar-refractivity contribution in [2.45, 2.75) is 31.3 Å². The summed E-state index contributed by atoms with van der Waals surface area (Å²) in [6.07, 6.45) is 0. The maximum absolute atomic E-state index is 13.1. The van der Waals surface area contributed by atoms with Crippen molar-refractivity contribution >= 4 is 33.2 Å². The highest BCUT2D eigenvalue weighted by Gasteiger charge is 2.29. The van der Waals surface area contributed by atoms with Crippen molar-refractivity contribution in [1.82, 2.24) is 18.9 Å². The molecular formula is C27H30N6O4S. The first-order valence-electron chi connectivity index (χ1n) is 12.3. The molecule has 0 unspecified atom stereocenters. The van der Waals surface area contributed by atoms with E-state index < -0.39 is 15.6 Å². The molecule has 4 aromatic rings. The number of rotatable bonds is 6. The molecule has 2 aromatic carbocycles. The van der Waals surface area contributed by atoms with E-state index >= 15 is 0 Å². The zero-order valence-corrected chi connectivity index (χ0v) is 22.3. The van der Waals surface area contributed by atoms with Crippen molar-refractivity contribution in [2.24, 2.45) is 0 Å². The molecule has 2 N–H and O–H groups in total.